The molecule has 0 aliphatic heterocycles. The fourth-order valence-electron chi connectivity index (χ4n) is 7.86. The van der Waals surface area contributed by atoms with Gasteiger partial charge < -0.3 is 9.13 Å². The van der Waals surface area contributed by atoms with Gasteiger partial charge in [-0.1, -0.05) is 121 Å². The first kappa shape index (κ1) is 27.1. The summed E-state index contributed by atoms with van der Waals surface area (Å²) >= 11 is 4.82. The van der Waals surface area contributed by atoms with E-state index in [-0.39, 0.29) is 12.0 Å². The van der Waals surface area contributed by atoms with Crippen LogP contribution in [0.4, 0.5) is 0 Å². The molecule has 2 nitrogen and oxygen atoms in total. The number of nitrogens with zero attached hydrogens (tertiary/aromatic N) is 2. The first-order valence-electron chi connectivity index (χ1n) is 15.9. The van der Waals surface area contributed by atoms with Gasteiger partial charge in [-0.3, -0.25) is 0 Å². The lowest BCUT2D eigenvalue weighted by Crippen LogP contribution is -2.18. The quantitative estimate of drug-likeness (QED) is 0.191. The second kappa shape index (κ2) is 10.7. The molecule has 0 amide bonds. The highest BCUT2D eigenvalue weighted by Crippen LogP contribution is 2.45. The van der Waals surface area contributed by atoms with Crippen molar-refractivity contribution in [1.29, 1.82) is 0 Å². The summed E-state index contributed by atoms with van der Waals surface area (Å²) < 4.78 is 5.03. The number of thiol groups is 1. The van der Waals surface area contributed by atoms with Gasteiger partial charge in [-0.2, -0.15) is 0 Å². The molecule has 0 saturated heterocycles. The fraction of sp³-hybridized carbons (Fsp3) is 0.0698. The first-order valence-corrected chi connectivity index (χ1v) is 16.4. The third-order valence-electron chi connectivity index (χ3n) is 9.85. The number of para-hydroxylation sites is 4. The lowest BCUT2D eigenvalue weighted by atomic mass is 9.86. The lowest BCUT2D eigenvalue weighted by molar-refractivity contribution is 0.574. The van der Waals surface area contributed by atoms with Crippen molar-refractivity contribution in [2.75, 3.05) is 0 Å². The Labute approximate surface area is 273 Å². The van der Waals surface area contributed by atoms with Gasteiger partial charge in [-0.15, -0.1) is 12.6 Å². The molecule has 2 heterocycles. The number of allylic oxidation sites excluding steroid dienone is 4. The van der Waals surface area contributed by atoms with Gasteiger partial charge in [0.15, 0.2) is 0 Å². The molecule has 0 radical (unpaired) electrons. The minimum atomic E-state index is 0.115. The van der Waals surface area contributed by atoms with Crippen LogP contribution in [0.15, 0.2) is 163 Å². The summed E-state index contributed by atoms with van der Waals surface area (Å²) in [5, 5.41) is 5.15. The zero-order chi connectivity index (χ0) is 30.8. The topological polar surface area (TPSA) is 9.86 Å². The average molecular weight is 609 g/mol. The van der Waals surface area contributed by atoms with Crippen molar-refractivity contribution >= 4 is 56.2 Å². The van der Waals surface area contributed by atoms with E-state index in [1.165, 1.54) is 66.0 Å². The van der Waals surface area contributed by atoms with Gasteiger partial charge in [0, 0.05) is 43.4 Å². The minimum absolute atomic E-state index is 0.115. The highest BCUT2D eigenvalue weighted by molar-refractivity contribution is 7.80. The average Bonchev–Trinajstić information content (AvgIpc) is 3.62. The van der Waals surface area contributed by atoms with Crippen LogP contribution in [0.2, 0.25) is 0 Å². The SMILES string of the molecule is Cc1c(-c2ccccc2S)ccc2c1c1ccccc1n2-c1ccccc1C1C=CC=CC1n1c2ccccc2c2ccccc21. The van der Waals surface area contributed by atoms with Crippen LogP contribution in [-0.2, 0) is 0 Å². The Morgan fingerprint density at radius 1 is 0.522 bits per heavy atom. The van der Waals surface area contributed by atoms with E-state index in [4.69, 9.17) is 12.6 Å². The van der Waals surface area contributed by atoms with Crippen molar-refractivity contribution in [3.8, 4) is 16.8 Å². The monoisotopic (exact) mass is 608 g/mol. The van der Waals surface area contributed by atoms with Crippen LogP contribution in [0.3, 0.4) is 0 Å². The van der Waals surface area contributed by atoms with Crippen LogP contribution < -0.4 is 0 Å². The summed E-state index contributed by atoms with van der Waals surface area (Å²) in [5.41, 5.74) is 11.1. The van der Waals surface area contributed by atoms with Crippen LogP contribution in [0, 0.1) is 6.92 Å². The maximum Gasteiger partial charge on any atom is 0.0629 e. The first-order chi connectivity index (χ1) is 22.7. The number of hydrogen-bond donors (Lipinski definition) is 1. The second-order valence-corrected chi connectivity index (χ2v) is 12.7. The molecule has 1 aliphatic carbocycles. The highest BCUT2D eigenvalue weighted by Gasteiger charge is 2.28. The summed E-state index contributed by atoms with van der Waals surface area (Å²) in [6.07, 6.45) is 9.17. The molecule has 3 heteroatoms. The van der Waals surface area contributed by atoms with E-state index in [0.29, 0.717) is 0 Å². The number of aromatic nitrogens is 2. The van der Waals surface area contributed by atoms with Crippen LogP contribution in [0.25, 0.3) is 60.4 Å². The van der Waals surface area contributed by atoms with E-state index >= 15 is 0 Å². The summed E-state index contributed by atoms with van der Waals surface area (Å²) in [5.74, 6) is 0.132. The predicted octanol–water partition coefficient (Wildman–Crippen LogP) is 11.6. The molecule has 0 saturated carbocycles. The Kier molecular flexibility index (Phi) is 6.29. The normalized spacial score (nSPS) is 16.3. The standard InChI is InChI=1S/C43H32N2S/c1-28-29(34-18-7-13-25-42(34)46)26-27-41-43(28)35-19-6-12-24-40(35)45(41)39-23-11-5-17-33(39)32-16-4-10-22-38(32)44-36-20-8-2-14-30(36)31-15-3-9-21-37(31)44/h2-27,32,38,46H,1H3. The molecular weight excluding hydrogens is 577 g/mol. The van der Waals surface area contributed by atoms with Crippen molar-refractivity contribution in [2.45, 2.75) is 23.8 Å². The van der Waals surface area contributed by atoms with Gasteiger partial charge >= 0.3 is 0 Å². The van der Waals surface area contributed by atoms with Gasteiger partial charge in [0.2, 0.25) is 0 Å². The zero-order valence-corrected chi connectivity index (χ0v) is 26.4. The van der Waals surface area contributed by atoms with Crippen LogP contribution in [0.1, 0.15) is 23.1 Å². The molecule has 8 aromatic rings. The summed E-state index contributed by atoms with van der Waals surface area (Å²) in [6.45, 7) is 2.26. The lowest BCUT2D eigenvalue weighted by Gasteiger charge is -2.30. The van der Waals surface area contributed by atoms with E-state index in [9.17, 15) is 0 Å². The number of hydrogen-bond acceptors (Lipinski definition) is 1. The molecule has 2 unspecified atom stereocenters. The largest absolute Gasteiger partial charge is 0.332 e. The number of benzene rings is 6. The Bertz CT molecular complexity index is 2470. The van der Waals surface area contributed by atoms with Crippen LogP contribution in [0.5, 0.6) is 0 Å². The summed E-state index contributed by atoms with van der Waals surface area (Å²) in [7, 11) is 0. The van der Waals surface area contributed by atoms with E-state index < -0.39 is 0 Å². The van der Waals surface area contributed by atoms with E-state index in [2.05, 4.69) is 168 Å². The molecular formula is C43H32N2S. The Morgan fingerprint density at radius 3 is 1.89 bits per heavy atom. The molecule has 0 spiro atoms. The smallest absolute Gasteiger partial charge is 0.0629 e. The summed E-state index contributed by atoms with van der Waals surface area (Å²) in [4.78, 5) is 0.993. The van der Waals surface area contributed by atoms with Crippen LogP contribution >= 0.6 is 12.6 Å². The molecule has 9 rings (SSSR count). The van der Waals surface area contributed by atoms with Gasteiger partial charge in [-0.25, -0.2) is 0 Å². The number of rotatable bonds is 4. The predicted molar refractivity (Wildman–Crippen MR) is 198 cm³/mol. The molecule has 2 atom stereocenters. The Balaban J connectivity index is 1.29. The molecule has 0 N–H and O–H groups in total. The van der Waals surface area contributed by atoms with E-state index in [1.807, 2.05) is 6.07 Å². The van der Waals surface area contributed by atoms with Crippen LogP contribution in [-0.4, -0.2) is 9.13 Å². The number of aryl methyl sites for hydroxylation is 1. The molecule has 0 fully saturated rings. The molecule has 46 heavy (non-hydrogen) atoms. The molecule has 2 aromatic heterocycles. The van der Waals surface area contributed by atoms with Crippen molar-refractivity contribution in [3.63, 3.8) is 0 Å². The highest BCUT2D eigenvalue weighted by atomic mass is 32.1. The molecule has 1 aliphatic rings. The van der Waals surface area contributed by atoms with Crippen molar-refractivity contribution in [2.24, 2.45) is 0 Å². The summed E-state index contributed by atoms with van der Waals surface area (Å²) in [6, 6.07) is 48.5. The molecule has 0 bridgehead atoms. The second-order valence-electron chi connectivity index (χ2n) is 12.3. The van der Waals surface area contributed by atoms with Gasteiger partial charge in [0.1, 0.15) is 0 Å². The van der Waals surface area contributed by atoms with Crippen molar-refractivity contribution in [3.05, 3.63) is 169 Å². The number of fused-ring (bicyclic) bond motifs is 6. The third-order valence-corrected chi connectivity index (χ3v) is 10.2. The third kappa shape index (κ3) is 3.98. The van der Waals surface area contributed by atoms with Gasteiger partial charge in [0.05, 0.1) is 22.8 Å². The Hall–Kier alpha value is -5.25. The van der Waals surface area contributed by atoms with Crippen molar-refractivity contribution < 1.29 is 0 Å². The van der Waals surface area contributed by atoms with Gasteiger partial charge in [-0.05, 0) is 65.6 Å². The fourth-order valence-corrected chi connectivity index (χ4v) is 8.14. The zero-order valence-electron chi connectivity index (χ0n) is 25.5. The van der Waals surface area contributed by atoms with Gasteiger partial charge in [0.25, 0.3) is 0 Å². The Morgan fingerprint density at radius 2 is 1.13 bits per heavy atom. The maximum absolute atomic E-state index is 4.82. The van der Waals surface area contributed by atoms with E-state index in [1.54, 1.807) is 0 Å². The van der Waals surface area contributed by atoms with E-state index in [0.717, 1.165) is 10.5 Å². The molecule has 220 valence electrons. The minimum Gasteiger partial charge on any atom is -0.332 e. The molecule has 6 aromatic carbocycles. The maximum atomic E-state index is 4.82. The van der Waals surface area contributed by atoms with Crippen molar-refractivity contribution in [1.82, 2.24) is 9.13 Å².